The first-order valence-electron chi connectivity index (χ1n) is 5.73. The number of hydrogen-bond acceptors (Lipinski definition) is 3. The van der Waals surface area contributed by atoms with Crippen LogP contribution in [0.5, 0.6) is 0 Å². The van der Waals surface area contributed by atoms with Crippen molar-refractivity contribution in [2.75, 3.05) is 0 Å². The van der Waals surface area contributed by atoms with Crippen LogP contribution in [-0.2, 0) is 4.79 Å². The van der Waals surface area contributed by atoms with Crippen molar-refractivity contribution in [3.63, 3.8) is 0 Å². The quantitative estimate of drug-likeness (QED) is 0.748. The summed E-state index contributed by atoms with van der Waals surface area (Å²) in [6, 6.07) is 9.99. The third-order valence-electron chi connectivity index (χ3n) is 2.46. The van der Waals surface area contributed by atoms with E-state index in [1.807, 2.05) is 0 Å². The van der Waals surface area contributed by atoms with Gasteiger partial charge < -0.3 is 14.8 Å². The largest absolute Gasteiger partial charge is 0.477 e. The van der Waals surface area contributed by atoms with Crippen molar-refractivity contribution in [1.82, 2.24) is 5.32 Å². The van der Waals surface area contributed by atoms with Gasteiger partial charge in [0.15, 0.2) is 10.4 Å². The van der Waals surface area contributed by atoms with Crippen molar-refractivity contribution >= 4 is 49.8 Å². The Labute approximate surface area is 136 Å². The number of amides is 1. The number of hydrogen-bond donors (Lipinski definition) is 2. The Balaban J connectivity index is 2.21. The van der Waals surface area contributed by atoms with E-state index >= 15 is 0 Å². The van der Waals surface area contributed by atoms with Gasteiger partial charge in [-0.2, -0.15) is 0 Å². The van der Waals surface area contributed by atoms with Crippen molar-refractivity contribution in [1.29, 1.82) is 0 Å². The summed E-state index contributed by atoms with van der Waals surface area (Å²) in [6.07, 6.45) is 1.37. The molecular weight excluding hydrogens is 406 g/mol. The van der Waals surface area contributed by atoms with Gasteiger partial charge in [0.2, 0.25) is 0 Å². The summed E-state index contributed by atoms with van der Waals surface area (Å²) >= 11 is 6.36. The summed E-state index contributed by atoms with van der Waals surface area (Å²) in [7, 11) is 0. The number of aliphatic carboxylic acids is 1. The van der Waals surface area contributed by atoms with E-state index in [9.17, 15) is 9.59 Å². The first kappa shape index (κ1) is 15.5. The Morgan fingerprint density at radius 1 is 1.10 bits per heavy atom. The van der Waals surface area contributed by atoms with Gasteiger partial charge in [0.05, 0.1) is 0 Å². The fraction of sp³-hybridized carbons (Fsp3) is 0. The molecule has 1 aromatic heterocycles. The molecule has 0 aliphatic carbocycles. The lowest BCUT2D eigenvalue weighted by Crippen LogP contribution is -2.26. The van der Waals surface area contributed by atoms with Crippen LogP contribution in [0.1, 0.15) is 16.1 Å². The minimum Gasteiger partial charge on any atom is -0.477 e. The molecule has 0 atom stereocenters. The second-order valence-electron chi connectivity index (χ2n) is 3.97. The molecule has 1 heterocycles. The molecular formula is C14H9Br2NO4. The molecule has 0 aliphatic heterocycles. The van der Waals surface area contributed by atoms with Crippen LogP contribution in [0.15, 0.2) is 55.7 Å². The van der Waals surface area contributed by atoms with Crippen LogP contribution >= 0.6 is 31.9 Å². The van der Waals surface area contributed by atoms with E-state index in [1.165, 1.54) is 12.1 Å². The van der Waals surface area contributed by atoms with E-state index < -0.39 is 11.9 Å². The van der Waals surface area contributed by atoms with Gasteiger partial charge in [-0.25, -0.2) is 4.79 Å². The molecule has 0 aliphatic rings. The predicted molar refractivity (Wildman–Crippen MR) is 83.6 cm³/mol. The van der Waals surface area contributed by atoms with Crippen LogP contribution in [0, 0.1) is 0 Å². The molecule has 1 amide bonds. The van der Waals surface area contributed by atoms with Crippen molar-refractivity contribution in [3.05, 3.63) is 62.6 Å². The number of rotatable bonds is 4. The zero-order chi connectivity index (χ0) is 15.4. The Morgan fingerprint density at radius 2 is 1.76 bits per heavy atom. The summed E-state index contributed by atoms with van der Waals surface area (Å²) in [6.45, 7) is 0. The SMILES string of the molecule is O=C(O)C(=Cc1ccc(Br)cc1)NC(=O)c1ccc(Br)o1. The van der Waals surface area contributed by atoms with E-state index in [-0.39, 0.29) is 11.5 Å². The van der Waals surface area contributed by atoms with Crippen LogP contribution < -0.4 is 5.32 Å². The zero-order valence-electron chi connectivity index (χ0n) is 10.5. The van der Waals surface area contributed by atoms with Crippen LogP contribution in [0.2, 0.25) is 0 Å². The van der Waals surface area contributed by atoms with Crippen molar-refractivity contribution in [2.45, 2.75) is 0 Å². The average Bonchev–Trinajstić information content (AvgIpc) is 2.87. The van der Waals surface area contributed by atoms with Crippen LogP contribution in [0.25, 0.3) is 6.08 Å². The van der Waals surface area contributed by atoms with E-state index in [0.717, 1.165) is 4.47 Å². The lowest BCUT2D eigenvalue weighted by atomic mass is 10.2. The number of furan rings is 1. The van der Waals surface area contributed by atoms with Gasteiger partial charge in [-0.05, 0) is 51.8 Å². The maximum Gasteiger partial charge on any atom is 0.352 e. The molecule has 7 heteroatoms. The Morgan fingerprint density at radius 3 is 2.29 bits per heavy atom. The maximum atomic E-state index is 11.9. The number of benzene rings is 1. The van der Waals surface area contributed by atoms with Crippen molar-refractivity contribution < 1.29 is 19.1 Å². The highest BCUT2D eigenvalue weighted by molar-refractivity contribution is 9.10. The second-order valence-corrected chi connectivity index (χ2v) is 5.67. The van der Waals surface area contributed by atoms with Gasteiger partial charge in [0.25, 0.3) is 5.91 Å². The van der Waals surface area contributed by atoms with Gasteiger partial charge in [0, 0.05) is 4.47 Å². The molecule has 2 rings (SSSR count). The highest BCUT2D eigenvalue weighted by atomic mass is 79.9. The van der Waals surface area contributed by atoms with Gasteiger partial charge in [-0.1, -0.05) is 28.1 Å². The van der Waals surface area contributed by atoms with Gasteiger partial charge in [-0.3, -0.25) is 4.79 Å². The fourth-order valence-corrected chi connectivity index (χ4v) is 2.07. The maximum absolute atomic E-state index is 11.9. The van der Waals surface area contributed by atoms with Crippen LogP contribution in [0.3, 0.4) is 0 Å². The van der Waals surface area contributed by atoms with E-state index in [0.29, 0.717) is 10.2 Å². The number of nitrogens with one attached hydrogen (secondary N) is 1. The average molecular weight is 415 g/mol. The third kappa shape index (κ3) is 4.30. The van der Waals surface area contributed by atoms with Gasteiger partial charge in [-0.15, -0.1) is 0 Å². The standard InChI is InChI=1S/C14H9Br2NO4/c15-9-3-1-8(2-4-9)7-10(14(19)20)17-13(18)11-5-6-12(16)21-11/h1-7H,(H,17,18)(H,19,20). The molecule has 0 bridgehead atoms. The summed E-state index contributed by atoms with van der Waals surface area (Å²) in [5.41, 5.74) is 0.409. The molecule has 21 heavy (non-hydrogen) atoms. The topological polar surface area (TPSA) is 79.5 Å². The van der Waals surface area contributed by atoms with Crippen LogP contribution in [0.4, 0.5) is 0 Å². The normalized spacial score (nSPS) is 11.2. The molecule has 0 spiro atoms. The lowest BCUT2D eigenvalue weighted by molar-refractivity contribution is -0.132. The minimum atomic E-state index is -1.24. The number of carboxylic acids is 1. The summed E-state index contributed by atoms with van der Waals surface area (Å²) < 4.78 is 6.34. The third-order valence-corrected chi connectivity index (χ3v) is 3.41. The van der Waals surface area contributed by atoms with Gasteiger partial charge in [0.1, 0.15) is 5.70 Å². The Bertz CT molecular complexity index is 704. The molecule has 0 saturated carbocycles. The molecule has 1 aromatic carbocycles. The highest BCUT2D eigenvalue weighted by Crippen LogP contribution is 2.15. The predicted octanol–water partition coefficient (Wildman–Crippen LogP) is 3.66. The first-order valence-corrected chi connectivity index (χ1v) is 7.31. The number of carboxylic acid groups (broad SMARTS) is 1. The molecule has 108 valence electrons. The molecule has 2 N–H and O–H groups in total. The number of halogens is 2. The Kier molecular flexibility index (Phi) is 4.98. The highest BCUT2D eigenvalue weighted by Gasteiger charge is 2.16. The molecule has 0 radical (unpaired) electrons. The molecule has 0 unspecified atom stereocenters. The minimum absolute atomic E-state index is 0.0184. The lowest BCUT2D eigenvalue weighted by Gasteiger charge is -2.04. The molecule has 0 fully saturated rings. The summed E-state index contributed by atoms with van der Waals surface area (Å²) in [5, 5.41) is 11.5. The van der Waals surface area contributed by atoms with E-state index in [4.69, 9.17) is 9.52 Å². The smallest absolute Gasteiger partial charge is 0.352 e. The number of carbonyl (C=O) groups is 2. The molecule has 2 aromatic rings. The number of carbonyl (C=O) groups excluding carboxylic acids is 1. The summed E-state index contributed by atoms with van der Waals surface area (Å²) in [5.74, 6) is -1.85. The Hall–Kier alpha value is -1.86. The zero-order valence-corrected chi connectivity index (χ0v) is 13.6. The monoisotopic (exact) mass is 413 g/mol. The van der Waals surface area contributed by atoms with E-state index in [1.54, 1.807) is 30.3 Å². The summed E-state index contributed by atoms with van der Waals surface area (Å²) in [4.78, 5) is 23.1. The van der Waals surface area contributed by atoms with Crippen LogP contribution in [-0.4, -0.2) is 17.0 Å². The first-order chi connectivity index (χ1) is 9.95. The second kappa shape index (κ2) is 6.73. The molecule has 0 saturated heterocycles. The van der Waals surface area contributed by atoms with Gasteiger partial charge >= 0.3 is 5.97 Å². The van der Waals surface area contributed by atoms with Crippen molar-refractivity contribution in [3.8, 4) is 0 Å². The molecule has 5 nitrogen and oxygen atoms in total. The van der Waals surface area contributed by atoms with Crippen molar-refractivity contribution in [2.24, 2.45) is 0 Å². The fourth-order valence-electron chi connectivity index (χ4n) is 1.50. The van der Waals surface area contributed by atoms with E-state index in [2.05, 4.69) is 37.2 Å².